The smallest absolute Gasteiger partial charge is 0.174 e. The fraction of sp³-hybridized carbons (Fsp3) is 0.677. The Hall–Kier alpha value is -1.40. The van der Waals surface area contributed by atoms with Gasteiger partial charge in [-0.05, 0) is 180 Å². The average Bonchev–Trinajstić information content (AvgIpc) is 1.16. The lowest BCUT2D eigenvalue weighted by atomic mass is 9.54. The van der Waals surface area contributed by atoms with Gasteiger partial charge in [0.2, 0.25) is 0 Å². The maximum atomic E-state index is 2.58. The van der Waals surface area contributed by atoms with Crippen LogP contribution in [0.25, 0.3) is 0 Å². The molecule has 5 aromatic rings. The van der Waals surface area contributed by atoms with E-state index in [1.165, 1.54) is 200 Å². The summed E-state index contributed by atoms with van der Waals surface area (Å²) in [5.41, 5.74) is 7.00. The lowest BCUT2D eigenvalue weighted by molar-refractivity contribution is -0.00381. The van der Waals surface area contributed by atoms with Crippen molar-refractivity contribution >= 4 is 111 Å². The highest BCUT2D eigenvalue weighted by Gasteiger charge is 2.48. The third-order valence-corrected chi connectivity index (χ3v) is 57.3. The van der Waals surface area contributed by atoms with Crippen molar-refractivity contribution in [3.63, 3.8) is 0 Å². The lowest BCUT2D eigenvalue weighted by Crippen LogP contribution is -2.52. The fourth-order valence-electron chi connectivity index (χ4n) is 16.3. The van der Waals surface area contributed by atoms with Crippen molar-refractivity contribution in [1.29, 1.82) is 0 Å². The first kappa shape index (κ1) is 98.7. The molecule has 0 heterocycles. The standard InChI is InChI=1S/C14H16SSi.C14H26.C13H24.C12H20Si.C12H22.C10H17NSi.C9H14SSi.2C4H12SSi.CH4/c1-15-16(2,13-9-5-3-6-10-13)14-11-7-4-8-12-14;1-13(9-5-3-6-10-13)14(2)11-7-4-8-12-14;1-12(8-4-3-5-9-12)13(2)10-6-7-11-13;1-12(2,13(3,4)5)11-9-7-6-8-10-11;1-11(7-3-4-8-11)12(2)9-5-6-10-12;1-11(12(2,3)4)10-8-6-5-7-9-10;1-10-11(2,3)9-7-5-4-6-8-9;2*1-5-6(2,3)4;/h3-12H,1-2H3;3-12H2,1-2H3;3-11H2,1-2H3;6-10H,1-5H3;3-10H2,1-2H3;5-9H,1-4H3;4-8H,1-3H3;2*1-4H3;1H4. The molecule has 6 aliphatic rings. The third-order valence-electron chi connectivity index (χ3n) is 27.1. The second-order valence-corrected chi connectivity index (χ2v) is 84.1. The van der Waals surface area contributed by atoms with Crippen molar-refractivity contribution < 1.29 is 0 Å². The van der Waals surface area contributed by atoms with Gasteiger partial charge in [0, 0.05) is 5.69 Å². The van der Waals surface area contributed by atoms with Crippen LogP contribution in [0, 0.1) is 32.5 Å². The normalized spacial score (nSPS) is 19.2. The minimum absolute atomic E-state index is 0. The number of hydrogen-bond donors (Lipinski definition) is 0. The Labute approximate surface area is 671 Å². The lowest BCUT2D eigenvalue weighted by Gasteiger charge is -2.51. The van der Waals surface area contributed by atoms with Crippen molar-refractivity contribution in [1.82, 2.24) is 0 Å². The van der Waals surface area contributed by atoms with Gasteiger partial charge in [-0.2, -0.15) is 44.8 Å². The van der Waals surface area contributed by atoms with Crippen molar-refractivity contribution in [2.75, 3.05) is 36.6 Å². The van der Waals surface area contributed by atoms with E-state index in [1.54, 1.807) is 0 Å². The topological polar surface area (TPSA) is 3.24 Å². The molecule has 6 fully saturated rings. The van der Waals surface area contributed by atoms with Gasteiger partial charge in [0.15, 0.2) is 7.22 Å². The van der Waals surface area contributed by atoms with E-state index in [4.69, 9.17) is 0 Å². The predicted octanol–water partition coefficient (Wildman–Crippen LogP) is 30.6. The summed E-state index contributed by atoms with van der Waals surface area (Å²) in [5, 5.41) is 4.89. The summed E-state index contributed by atoms with van der Waals surface area (Å²) < 4.78 is 2.41. The summed E-state index contributed by atoms with van der Waals surface area (Å²) in [4.78, 5) is 0. The second-order valence-electron chi connectivity index (χ2n) is 38.7. The number of para-hydroxylation sites is 1. The summed E-state index contributed by atoms with van der Waals surface area (Å²) in [6.45, 7) is 55.7. The zero-order chi connectivity index (χ0) is 77.6. The van der Waals surface area contributed by atoms with Gasteiger partial charge in [-0.3, -0.25) is 0 Å². The zero-order valence-electron chi connectivity index (χ0n) is 72.6. The quantitative estimate of drug-likeness (QED) is 0.102. The molecule has 0 N–H and O–H groups in total. The van der Waals surface area contributed by atoms with Crippen LogP contribution in [0.2, 0.25) is 98.2 Å². The van der Waals surface area contributed by atoms with E-state index in [2.05, 4.69) is 342 Å². The van der Waals surface area contributed by atoms with Crippen LogP contribution in [-0.2, 0) is 5.04 Å². The summed E-state index contributed by atoms with van der Waals surface area (Å²) in [7, 11) is -4.24. The van der Waals surface area contributed by atoms with Gasteiger partial charge >= 0.3 is 0 Å². The molecule has 0 atom stereocenters. The van der Waals surface area contributed by atoms with Crippen LogP contribution in [0.4, 0.5) is 5.69 Å². The molecule has 592 valence electrons. The molecular weight excluding hydrogens is 1430 g/mol. The Bertz CT molecular complexity index is 2890. The molecule has 0 saturated heterocycles. The second kappa shape index (κ2) is 45.3. The monoisotopic (exact) mass is 1590 g/mol. The van der Waals surface area contributed by atoms with Crippen LogP contribution in [-0.4, -0.2) is 77.3 Å². The summed E-state index contributed by atoms with van der Waals surface area (Å²) in [5.74, 6) is 0. The Morgan fingerprint density at radius 3 is 0.712 bits per heavy atom. The van der Waals surface area contributed by atoms with Crippen molar-refractivity contribution in [2.45, 2.75) is 339 Å². The molecule has 0 amide bonds. The molecule has 0 unspecified atom stereocenters. The molecule has 11 rings (SSSR count). The highest BCUT2D eigenvalue weighted by Crippen LogP contribution is 2.60. The summed E-state index contributed by atoms with van der Waals surface area (Å²) in [6.07, 6.45) is 49.2. The SMILES string of the molecule is C.CC(C)(c1ccccc1)[Si](C)(C)C.CC1(C2(C)CCCC2)CCCC1.CC1(C2(C)CCCC2)CCCCC1.CC1(C2(C)CCCCC2)CCCCC1.CN(c1ccccc1)[Si](C)(C)C.CS[Si](C)(C)C.CS[Si](C)(C)C.CS[Si](C)(C)c1ccccc1.CS[Si](C)(c1ccccc1)c1ccccc1. The Morgan fingerprint density at radius 2 is 0.510 bits per heavy atom. The first-order valence-corrected chi connectivity index (χ1v) is 68.4. The van der Waals surface area contributed by atoms with Crippen LogP contribution in [0.1, 0.15) is 242 Å². The molecule has 0 aromatic heterocycles. The zero-order valence-corrected chi connectivity index (χ0v) is 81.9. The molecule has 6 saturated carbocycles. The highest BCUT2D eigenvalue weighted by atomic mass is 32.4. The van der Waals surface area contributed by atoms with Gasteiger partial charge in [0.25, 0.3) is 0 Å². The van der Waals surface area contributed by atoms with E-state index in [1.807, 2.05) is 44.8 Å². The summed E-state index contributed by atoms with van der Waals surface area (Å²) >= 11 is 8.08. The molecule has 11 heteroatoms. The first-order chi connectivity index (χ1) is 47.9. The average molecular weight is 1600 g/mol. The fourth-order valence-corrected chi connectivity index (χ4v) is 25.3. The van der Waals surface area contributed by atoms with E-state index >= 15 is 0 Å². The van der Waals surface area contributed by atoms with Crippen LogP contribution in [0.5, 0.6) is 0 Å². The highest BCUT2D eigenvalue weighted by molar-refractivity contribution is 8.31. The molecule has 1 nitrogen and oxygen atoms in total. The van der Waals surface area contributed by atoms with Gasteiger partial charge < -0.3 is 4.57 Å². The van der Waals surface area contributed by atoms with Gasteiger partial charge in [0.1, 0.15) is 29.9 Å². The number of hydrogen-bond acceptors (Lipinski definition) is 5. The van der Waals surface area contributed by atoms with E-state index in [0.29, 0.717) is 37.5 Å². The van der Waals surface area contributed by atoms with E-state index in [0.717, 1.165) is 0 Å². The molecule has 0 bridgehead atoms. The number of anilines is 1. The van der Waals surface area contributed by atoms with Crippen LogP contribution < -0.4 is 20.1 Å². The minimum Gasteiger partial charge on any atom is -0.401 e. The molecule has 0 aliphatic heterocycles. The minimum atomic E-state index is -1.56. The van der Waals surface area contributed by atoms with Crippen LogP contribution >= 0.6 is 44.8 Å². The van der Waals surface area contributed by atoms with Crippen LogP contribution in [0.3, 0.4) is 0 Å². The van der Waals surface area contributed by atoms with Gasteiger partial charge in [-0.1, -0.05) is 397 Å². The Balaban J connectivity index is 0.000000402. The van der Waals surface area contributed by atoms with Crippen LogP contribution in [0.15, 0.2) is 152 Å². The third kappa shape index (κ3) is 31.6. The molecule has 0 radical (unpaired) electrons. The van der Waals surface area contributed by atoms with Crippen molar-refractivity contribution in [3.8, 4) is 0 Å². The van der Waals surface area contributed by atoms with E-state index in [-0.39, 0.29) is 7.43 Å². The van der Waals surface area contributed by atoms with Gasteiger partial charge in [-0.15, -0.1) is 0 Å². The summed E-state index contributed by atoms with van der Waals surface area (Å²) in [6, 6.07) is 54.0. The first-order valence-electron chi connectivity index (χ1n) is 41.1. The molecule has 6 aliphatic carbocycles. The molecular formula is C93H167NS4Si6. The van der Waals surface area contributed by atoms with E-state index in [9.17, 15) is 0 Å². The van der Waals surface area contributed by atoms with Gasteiger partial charge in [-0.25, -0.2) is 0 Å². The number of benzene rings is 5. The molecule has 5 aromatic carbocycles. The largest absolute Gasteiger partial charge is 0.401 e. The maximum Gasteiger partial charge on any atom is 0.174 e. The van der Waals surface area contributed by atoms with Crippen molar-refractivity contribution in [3.05, 3.63) is 157 Å². The Morgan fingerprint density at radius 1 is 0.298 bits per heavy atom. The predicted molar refractivity (Wildman–Crippen MR) is 509 cm³/mol. The van der Waals surface area contributed by atoms with Gasteiger partial charge in [0.05, 0.1) is 8.07 Å². The maximum absolute atomic E-state index is 2.58. The Kier molecular flexibility index (Phi) is 43.0. The molecule has 104 heavy (non-hydrogen) atoms. The number of rotatable bonds is 14. The number of nitrogens with zero attached hydrogens (tertiary/aromatic N) is 1. The molecule has 0 spiro atoms. The van der Waals surface area contributed by atoms with Crippen molar-refractivity contribution in [2.24, 2.45) is 32.5 Å². The van der Waals surface area contributed by atoms with E-state index < -0.39 is 45.2 Å².